The number of halogens is 1. The highest BCUT2D eigenvalue weighted by molar-refractivity contribution is 6.32. The van der Waals surface area contributed by atoms with Gasteiger partial charge < -0.3 is 15.4 Å². The number of fused-ring (bicyclic) bond motifs is 1. The van der Waals surface area contributed by atoms with E-state index in [-0.39, 0.29) is 11.8 Å². The van der Waals surface area contributed by atoms with Gasteiger partial charge in [-0.15, -0.1) is 0 Å². The third-order valence-electron chi connectivity index (χ3n) is 5.95. The summed E-state index contributed by atoms with van der Waals surface area (Å²) in [6.07, 6.45) is 6.50. The van der Waals surface area contributed by atoms with Gasteiger partial charge in [0.1, 0.15) is 11.6 Å². The molecular formula is C25H23ClN6O2. The Hall–Kier alpha value is -3.91. The molecule has 1 unspecified atom stereocenters. The number of amides is 1. The summed E-state index contributed by atoms with van der Waals surface area (Å²) in [5.41, 5.74) is 8.80. The Kier molecular flexibility index (Phi) is 5.90. The largest absolute Gasteiger partial charge is 0.437 e. The quantitative estimate of drug-likeness (QED) is 0.420. The molecule has 3 aromatic heterocycles. The molecule has 0 saturated carbocycles. The summed E-state index contributed by atoms with van der Waals surface area (Å²) in [6.45, 7) is 4.92. The highest BCUT2D eigenvalue weighted by atomic mass is 35.5. The number of carbonyl (C=O) groups is 1. The van der Waals surface area contributed by atoms with Crippen molar-refractivity contribution in [2.45, 2.75) is 18.8 Å². The number of hydrogen-bond acceptors (Lipinski definition) is 6. The maximum atomic E-state index is 12.2. The average Bonchev–Trinajstić information content (AvgIpc) is 3.26. The van der Waals surface area contributed by atoms with E-state index in [0.717, 1.165) is 36.2 Å². The van der Waals surface area contributed by atoms with E-state index < -0.39 is 0 Å². The van der Waals surface area contributed by atoms with E-state index in [4.69, 9.17) is 27.1 Å². The Labute approximate surface area is 201 Å². The van der Waals surface area contributed by atoms with Gasteiger partial charge in [0.05, 0.1) is 16.2 Å². The van der Waals surface area contributed by atoms with Gasteiger partial charge in [0, 0.05) is 43.0 Å². The molecule has 172 valence electrons. The smallest absolute Gasteiger partial charge is 0.245 e. The number of nitrogens with zero attached hydrogens (tertiary/aromatic N) is 5. The fourth-order valence-corrected chi connectivity index (χ4v) is 4.57. The number of nitrogen functional groups attached to an aromatic ring is 1. The fourth-order valence-electron chi connectivity index (χ4n) is 4.35. The molecule has 9 heteroatoms. The minimum absolute atomic E-state index is 0.0649. The van der Waals surface area contributed by atoms with Crippen LogP contribution in [-0.2, 0) is 4.79 Å². The number of carbonyl (C=O) groups excluding carboxylic acids is 1. The number of ether oxygens (including phenoxy) is 1. The van der Waals surface area contributed by atoms with Gasteiger partial charge in [0.15, 0.2) is 0 Å². The zero-order valence-electron chi connectivity index (χ0n) is 18.4. The molecular weight excluding hydrogens is 452 g/mol. The highest BCUT2D eigenvalue weighted by Crippen LogP contribution is 2.36. The second kappa shape index (κ2) is 9.15. The van der Waals surface area contributed by atoms with E-state index in [1.54, 1.807) is 30.6 Å². The van der Waals surface area contributed by atoms with Gasteiger partial charge in [-0.25, -0.2) is 15.0 Å². The summed E-state index contributed by atoms with van der Waals surface area (Å²) in [5.74, 6) is 1.91. The molecule has 5 rings (SSSR count). The van der Waals surface area contributed by atoms with Gasteiger partial charge >= 0.3 is 0 Å². The summed E-state index contributed by atoms with van der Waals surface area (Å²) in [5, 5.41) is 0.421. The third kappa shape index (κ3) is 4.08. The van der Waals surface area contributed by atoms with Crippen LogP contribution in [0.3, 0.4) is 0 Å². The van der Waals surface area contributed by atoms with Gasteiger partial charge in [0.25, 0.3) is 0 Å². The number of likely N-dealkylation sites (tertiary alicyclic amines) is 1. The van der Waals surface area contributed by atoms with E-state index >= 15 is 0 Å². The van der Waals surface area contributed by atoms with E-state index in [1.165, 1.54) is 6.08 Å². The summed E-state index contributed by atoms with van der Waals surface area (Å²) in [6, 6.07) is 12.8. The number of benzene rings is 1. The molecule has 1 aliphatic heterocycles. The molecule has 2 N–H and O–H groups in total. The highest BCUT2D eigenvalue weighted by Gasteiger charge is 2.28. The van der Waals surface area contributed by atoms with Crippen LogP contribution in [0.4, 0.5) is 5.95 Å². The van der Waals surface area contributed by atoms with Crippen LogP contribution in [0.15, 0.2) is 67.5 Å². The second-order valence-electron chi connectivity index (χ2n) is 8.09. The van der Waals surface area contributed by atoms with Crippen LogP contribution in [0.2, 0.25) is 5.02 Å². The lowest BCUT2D eigenvalue weighted by molar-refractivity contribution is -0.127. The lowest BCUT2D eigenvalue weighted by atomic mass is 9.94. The first-order valence-electron chi connectivity index (χ1n) is 11.0. The van der Waals surface area contributed by atoms with E-state index in [2.05, 4.69) is 16.5 Å². The van der Waals surface area contributed by atoms with Gasteiger partial charge in [-0.2, -0.15) is 0 Å². The normalized spacial score (nSPS) is 15.9. The number of imidazole rings is 1. The number of pyridine rings is 1. The van der Waals surface area contributed by atoms with Crippen molar-refractivity contribution >= 4 is 29.0 Å². The van der Waals surface area contributed by atoms with Crippen molar-refractivity contribution in [2.75, 3.05) is 18.8 Å². The lowest BCUT2D eigenvalue weighted by Gasteiger charge is -2.31. The molecule has 1 fully saturated rings. The fraction of sp³-hybridized carbons (Fsp3) is 0.200. The van der Waals surface area contributed by atoms with Crippen molar-refractivity contribution in [1.82, 2.24) is 24.3 Å². The zero-order valence-corrected chi connectivity index (χ0v) is 19.2. The van der Waals surface area contributed by atoms with Crippen molar-refractivity contribution in [3.8, 4) is 23.0 Å². The van der Waals surface area contributed by atoms with Crippen LogP contribution in [0.1, 0.15) is 24.5 Å². The topological polar surface area (TPSA) is 98.6 Å². The Morgan fingerprint density at radius 1 is 1.21 bits per heavy atom. The molecule has 8 nitrogen and oxygen atoms in total. The minimum atomic E-state index is -0.0649. The molecule has 0 aliphatic carbocycles. The SMILES string of the molecule is C=CC(=O)N1CCCC(c2nc(-c3ccc(Oc4ccccn4)c(Cl)c3)n3c(N)nccc23)C1. The van der Waals surface area contributed by atoms with Crippen molar-refractivity contribution in [1.29, 1.82) is 0 Å². The van der Waals surface area contributed by atoms with Gasteiger partial charge in [-0.1, -0.05) is 24.2 Å². The molecule has 0 spiro atoms. The number of rotatable bonds is 5. The summed E-state index contributed by atoms with van der Waals surface area (Å²) >= 11 is 6.56. The first-order chi connectivity index (χ1) is 16.5. The number of anilines is 1. The molecule has 0 bridgehead atoms. The predicted molar refractivity (Wildman–Crippen MR) is 131 cm³/mol. The maximum absolute atomic E-state index is 12.2. The molecule has 1 aromatic carbocycles. The molecule has 1 atom stereocenters. The Morgan fingerprint density at radius 3 is 2.85 bits per heavy atom. The summed E-state index contributed by atoms with van der Waals surface area (Å²) in [4.78, 5) is 27.4. The summed E-state index contributed by atoms with van der Waals surface area (Å²) in [7, 11) is 0. The molecule has 4 heterocycles. The average molecular weight is 475 g/mol. The molecule has 1 amide bonds. The first kappa shape index (κ1) is 21.9. The summed E-state index contributed by atoms with van der Waals surface area (Å²) < 4.78 is 7.63. The molecule has 0 radical (unpaired) electrons. The van der Waals surface area contributed by atoms with Crippen LogP contribution in [0, 0.1) is 0 Å². The maximum Gasteiger partial charge on any atom is 0.245 e. The Bertz CT molecular complexity index is 1370. The minimum Gasteiger partial charge on any atom is -0.437 e. The number of nitrogens with two attached hydrogens (primary N) is 1. The van der Waals surface area contributed by atoms with Gasteiger partial charge in [-0.05, 0) is 49.2 Å². The van der Waals surface area contributed by atoms with Crippen LogP contribution in [0.5, 0.6) is 11.6 Å². The molecule has 4 aromatic rings. The van der Waals surface area contributed by atoms with Crippen LogP contribution >= 0.6 is 11.6 Å². The van der Waals surface area contributed by atoms with Crippen LogP contribution < -0.4 is 10.5 Å². The van der Waals surface area contributed by atoms with E-state index in [9.17, 15) is 4.79 Å². The Morgan fingerprint density at radius 2 is 2.09 bits per heavy atom. The Balaban J connectivity index is 1.54. The zero-order chi connectivity index (χ0) is 23.7. The molecule has 34 heavy (non-hydrogen) atoms. The van der Waals surface area contributed by atoms with Gasteiger partial charge in [-0.3, -0.25) is 9.20 Å². The van der Waals surface area contributed by atoms with E-state index in [0.29, 0.717) is 35.0 Å². The molecule has 1 aliphatic rings. The van der Waals surface area contributed by atoms with Gasteiger partial charge in [0.2, 0.25) is 17.7 Å². The first-order valence-corrected chi connectivity index (χ1v) is 11.4. The predicted octanol–water partition coefficient (Wildman–Crippen LogP) is 4.71. The number of hydrogen-bond donors (Lipinski definition) is 1. The lowest BCUT2D eigenvalue weighted by Crippen LogP contribution is -2.38. The van der Waals surface area contributed by atoms with Crippen molar-refractivity contribution in [3.63, 3.8) is 0 Å². The van der Waals surface area contributed by atoms with Crippen LogP contribution in [0.25, 0.3) is 16.9 Å². The van der Waals surface area contributed by atoms with Crippen molar-refractivity contribution < 1.29 is 9.53 Å². The monoisotopic (exact) mass is 474 g/mol. The number of aromatic nitrogens is 4. The van der Waals surface area contributed by atoms with Crippen molar-refractivity contribution in [3.05, 3.63) is 78.2 Å². The van der Waals surface area contributed by atoms with Crippen LogP contribution in [-0.4, -0.2) is 43.2 Å². The standard InChI is InChI=1S/C25H23ClN6O2/c1-2-22(33)31-13-5-6-17(15-31)23-19-10-12-29-25(27)32(19)24(30-23)16-8-9-20(18(26)14-16)34-21-7-3-4-11-28-21/h2-4,7-12,14,17H,1,5-6,13,15H2,(H2,27,29). The number of piperidine rings is 1. The second-order valence-corrected chi connectivity index (χ2v) is 8.49. The van der Waals surface area contributed by atoms with E-state index in [1.807, 2.05) is 33.6 Å². The molecule has 1 saturated heterocycles. The third-order valence-corrected chi connectivity index (χ3v) is 6.24. The van der Waals surface area contributed by atoms with Crippen molar-refractivity contribution in [2.24, 2.45) is 0 Å².